The van der Waals surface area contributed by atoms with E-state index in [1.807, 2.05) is 19.1 Å². The van der Waals surface area contributed by atoms with Crippen LogP contribution in [0.25, 0.3) is 0 Å². The molecule has 2 aliphatic heterocycles. The molecule has 0 unspecified atom stereocenters. The van der Waals surface area contributed by atoms with Gasteiger partial charge in [-0.1, -0.05) is 6.07 Å². The van der Waals surface area contributed by atoms with Crippen LogP contribution in [0.4, 0.5) is 0 Å². The molecule has 2 fully saturated rings. The van der Waals surface area contributed by atoms with Crippen LogP contribution in [0.2, 0.25) is 0 Å². The molecule has 2 saturated heterocycles. The first-order valence-corrected chi connectivity index (χ1v) is 7.37. The summed E-state index contributed by atoms with van der Waals surface area (Å²) in [5.41, 5.74) is 2.13. The summed E-state index contributed by atoms with van der Waals surface area (Å²) in [5, 5.41) is 10.3. The van der Waals surface area contributed by atoms with E-state index in [0.717, 1.165) is 57.3 Å². The molecule has 5 heteroatoms. The largest absolute Gasteiger partial charge is 0.390 e. The first kappa shape index (κ1) is 13.9. The van der Waals surface area contributed by atoms with E-state index in [2.05, 4.69) is 20.9 Å². The molecule has 1 N–H and O–H groups in total. The van der Waals surface area contributed by atoms with Crippen LogP contribution in [-0.4, -0.2) is 71.4 Å². The van der Waals surface area contributed by atoms with E-state index in [1.54, 1.807) is 0 Å². The van der Waals surface area contributed by atoms with Crippen molar-refractivity contribution in [3.05, 3.63) is 29.6 Å². The SMILES string of the molecule is Cc1cccc(CN2C[C@H](O)[C@@H](N3CCOCC3)C2)n1. The normalized spacial score (nSPS) is 28.9. The lowest BCUT2D eigenvalue weighted by atomic mass is 10.1. The van der Waals surface area contributed by atoms with Gasteiger partial charge < -0.3 is 9.84 Å². The van der Waals surface area contributed by atoms with Gasteiger partial charge in [0, 0.05) is 44.5 Å². The summed E-state index contributed by atoms with van der Waals surface area (Å²) in [5.74, 6) is 0. The van der Waals surface area contributed by atoms with E-state index >= 15 is 0 Å². The number of nitrogens with zero attached hydrogens (tertiary/aromatic N) is 3. The summed E-state index contributed by atoms with van der Waals surface area (Å²) in [6.45, 7) is 7.90. The molecule has 3 rings (SSSR count). The van der Waals surface area contributed by atoms with Crippen molar-refractivity contribution >= 4 is 0 Å². The molecule has 0 aromatic carbocycles. The lowest BCUT2D eigenvalue weighted by Crippen LogP contribution is -2.48. The fourth-order valence-electron chi connectivity index (χ4n) is 3.16. The molecule has 0 amide bonds. The third-order valence-electron chi connectivity index (χ3n) is 4.18. The topological polar surface area (TPSA) is 48.8 Å². The second-order valence-electron chi connectivity index (χ2n) is 5.75. The van der Waals surface area contributed by atoms with Crippen LogP contribution in [0, 0.1) is 6.92 Å². The lowest BCUT2D eigenvalue weighted by molar-refractivity contribution is -0.00618. The Morgan fingerprint density at radius 3 is 2.85 bits per heavy atom. The zero-order valence-electron chi connectivity index (χ0n) is 12.0. The third kappa shape index (κ3) is 3.17. The van der Waals surface area contributed by atoms with Gasteiger partial charge >= 0.3 is 0 Å². The zero-order chi connectivity index (χ0) is 13.9. The fraction of sp³-hybridized carbons (Fsp3) is 0.667. The molecule has 0 saturated carbocycles. The predicted molar refractivity (Wildman–Crippen MR) is 76.4 cm³/mol. The van der Waals surface area contributed by atoms with Gasteiger partial charge in [0.1, 0.15) is 0 Å². The number of β-amino-alcohol motifs (C(OH)–C–C–N with tert-alkyl or cyclic N) is 1. The number of aryl methyl sites for hydroxylation is 1. The molecule has 0 aliphatic carbocycles. The van der Waals surface area contributed by atoms with E-state index < -0.39 is 0 Å². The minimum absolute atomic E-state index is 0.240. The minimum atomic E-state index is -0.266. The highest BCUT2D eigenvalue weighted by Gasteiger charge is 2.35. The van der Waals surface area contributed by atoms with Crippen LogP contribution >= 0.6 is 0 Å². The van der Waals surface area contributed by atoms with E-state index in [4.69, 9.17) is 4.74 Å². The monoisotopic (exact) mass is 277 g/mol. The zero-order valence-corrected chi connectivity index (χ0v) is 12.0. The van der Waals surface area contributed by atoms with E-state index in [-0.39, 0.29) is 12.1 Å². The predicted octanol–water partition coefficient (Wildman–Crippen LogP) is 0.267. The number of ether oxygens (including phenoxy) is 1. The van der Waals surface area contributed by atoms with Crippen molar-refractivity contribution in [2.75, 3.05) is 39.4 Å². The van der Waals surface area contributed by atoms with Crippen molar-refractivity contribution in [3.8, 4) is 0 Å². The fourth-order valence-corrected chi connectivity index (χ4v) is 3.16. The van der Waals surface area contributed by atoms with Crippen molar-refractivity contribution in [2.24, 2.45) is 0 Å². The van der Waals surface area contributed by atoms with Crippen LogP contribution in [0.3, 0.4) is 0 Å². The van der Waals surface area contributed by atoms with Gasteiger partial charge in [-0.2, -0.15) is 0 Å². The summed E-state index contributed by atoms with van der Waals surface area (Å²) in [4.78, 5) is 9.20. The summed E-state index contributed by atoms with van der Waals surface area (Å²) in [7, 11) is 0. The summed E-state index contributed by atoms with van der Waals surface area (Å²) in [6, 6.07) is 6.35. The molecule has 3 heterocycles. The standard InChI is InChI=1S/C15H23N3O2/c1-12-3-2-4-13(16-12)9-17-10-14(15(19)11-17)18-5-7-20-8-6-18/h2-4,14-15,19H,5-11H2,1H3/t14-,15-/m0/s1. The Morgan fingerprint density at radius 1 is 1.30 bits per heavy atom. The molecule has 0 radical (unpaired) electrons. The average molecular weight is 277 g/mol. The Kier molecular flexibility index (Phi) is 4.31. The Labute approximate surface area is 120 Å². The highest BCUT2D eigenvalue weighted by atomic mass is 16.5. The van der Waals surface area contributed by atoms with Gasteiger partial charge in [-0.25, -0.2) is 0 Å². The summed E-state index contributed by atoms with van der Waals surface area (Å²) in [6.07, 6.45) is -0.266. The van der Waals surface area contributed by atoms with Crippen LogP contribution in [0.5, 0.6) is 0 Å². The smallest absolute Gasteiger partial charge is 0.0834 e. The summed E-state index contributed by atoms with van der Waals surface area (Å²) < 4.78 is 5.38. The second-order valence-corrected chi connectivity index (χ2v) is 5.75. The summed E-state index contributed by atoms with van der Waals surface area (Å²) >= 11 is 0. The number of likely N-dealkylation sites (tertiary alicyclic amines) is 1. The first-order chi connectivity index (χ1) is 9.72. The molecule has 5 nitrogen and oxygen atoms in total. The van der Waals surface area contributed by atoms with Gasteiger partial charge in [0.25, 0.3) is 0 Å². The average Bonchev–Trinajstić information content (AvgIpc) is 2.80. The lowest BCUT2D eigenvalue weighted by Gasteiger charge is -2.33. The Morgan fingerprint density at radius 2 is 2.10 bits per heavy atom. The van der Waals surface area contributed by atoms with Crippen molar-refractivity contribution in [2.45, 2.75) is 25.6 Å². The highest BCUT2D eigenvalue weighted by molar-refractivity contribution is 5.10. The van der Waals surface area contributed by atoms with Crippen molar-refractivity contribution < 1.29 is 9.84 Å². The number of aliphatic hydroxyl groups excluding tert-OH is 1. The van der Waals surface area contributed by atoms with Gasteiger partial charge in [0.15, 0.2) is 0 Å². The number of hydrogen-bond acceptors (Lipinski definition) is 5. The number of morpholine rings is 1. The van der Waals surface area contributed by atoms with Gasteiger partial charge in [-0.15, -0.1) is 0 Å². The van der Waals surface area contributed by atoms with Crippen LogP contribution < -0.4 is 0 Å². The Balaban J connectivity index is 1.60. The number of hydrogen-bond donors (Lipinski definition) is 1. The highest BCUT2D eigenvalue weighted by Crippen LogP contribution is 2.19. The van der Waals surface area contributed by atoms with Crippen molar-refractivity contribution in [3.63, 3.8) is 0 Å². The number of aliphatic hydroxyl groups is 1. The Bertz CT molecular complexity index is 448. The van der Waals surface area contributed by atoms with Gasteiger partial charge in [0.2, 0.25) is 0 Å². The van der Waals surface area contributed by atoms with Gasteiger partial charge in [-0.05, 0) is 19.1 Å². The second kappa shape index (κ2) is 6.18. The molecular formula is C15H23N3O2. The molecule has 2 aliphatic rings. The molecular weight excluding hydrogens is 254 g/mol. The van der Waals surface area contributed by atoms with Crippen LogP contribution in [-0.2, 0) is 11.3 Å². The number of aromatic nitrogens is 1. The van der Waals surface area contributed by atoms with Crippen molar-refractivity contribution in [1.82, 2.24) is 14.8 Å². The van der Waals surface area contributed by atoms with E-state index in [1.165, 1.54) is 0 Å². The molecule has 20 heavy (non-hydrogen) atoms. The number of pyridine rings is 1. The van der Waals surface area contributed by atoms with Crippen molar-refractivity contribution in [1.29, 1.82) is 0 Å². The molecule has 0 spiro atoms. The quantitative estimate of drug-likeness (QED) is 0.859. The molecule has 110 valence electrons. The Hall–Kier alpha value is -1.01. The van der Waals surface area contributed by atoms with Gasteiger partial charge in [0.05, 0.1) is 25.0 Å². The third-order valence-corrected chi connectivity index (χ3v) is 4.18. The van der Waals surface area contributed by atoms with Crippen LogP contribution in [0.15, 0.2) is 18.2 Å². The molecule has 2 atom stereocenters. The van der Waals surface area contributed by atoms with E-state index in [9.17, 15) is 5.11 Å². The minimum Gasteiger partial charge on any atom is -0.390 e. The maximum atomic E-state index is 10.3. The molecule has 1 aromatic rings. The van der Waals surface area contributed by atoms with Gasteiger partial charge in [-0.3, -0.25) is 14.8 Å². The molecule has 1 aromatic heterocycles. The first-order valence-electron chi connectivity index (χ1n) is 7.37. The molecule has 0 bridgehead atoms. The maximum Gasteiger partial charge on any atom is 0.0834 e. The number of rotatable bonds is 3. The maximum absolute atomic E-state index is 10.3. The van der Waals surface area contributed by atoms with Crippen LogP contribution in [0.1, 0.15) is 11.4 Å². The van der Waals surface area contributed by atoms with E-state index in [0.29, 0.717) is 0 Å².